The zero-order valence-electron chi connectivity index (χ0n) is 20.5. The van der Waals surface area contributed by atoms with Gasteiger partial charge in [0, 0.05) is 41.8 Å². The molecule has 0 aliphatic rings. The molecule has 2 aromatic heterocycles. The first kappa shape index (κ1) is 20.4. The predicted molar refractivity (Wildman–Crippen MR) is 167 cm³/mol. The summed E-state index contributed by atoms with van der Waals surface area (Å²) in [6, 6.07) is 44.6. The van der Waals surface area contributed by atoms with Crippen LogP contribution in [0.1, 0.15) is 0 Å². The molecule has 0 fully saturated rings. The third-order valence-corrected chi connectivity index (χ3v) is 9.31. The van der Waals surface area contributed by atoms with Gasteiger partial charge in [0.25, 0.3) is 0 Å². The molecule has 1 nitrogen and oxygen atoms in total. The topological polar surface area (TPSA) is 15.8 Å². The molecule has 38 heavy (non-hydrogen) atoms. The summed E-state index contributed by atoms with van der Waals surface area (Å²) in [5.74, 6) is 0. The first-order chi connectivity index (χ1) is 18.8. The van der Waals surface area contributed by atoms with Gasteiger partial charge in [-0.25, -0.2) is 0 Å². The first-order valence-corrected chi connectivity index (χ1v) is 13.8. The predicted octanol–water partition coefficient (Wildman–Crippen LogP) is 10.8. The molecule has 0 saturated carbocycles. The second-order valence-corrected chi connectivity index (χ2v) is 11.3. The van der Waals surface area contributed by atoms with Gasteiger partial charge in [-0.05, 0) is 62.3 Å². The lowest BCUT2D eigenvalue weighted by atomic mass is 9.96. The Bertz CT molecular complexity index is 2400. The molecule has 0 bridgehead atoms. The van der Waals surface area contributed by atoms with E-state index < -0.39 is 0 Å². The van der Waals surface area contributed by atoms with E-state index in [1.165, 1.54) is 85.4 Å². The average molecular weight is 500 g/mol. The van der Waals surface area contributed by atoms with E-state index in [0.717, 1.165) is 0 Å². The minimum Gasteiger partial charge on any atom is -0.354 e. The summed E-state index contributed by atoms with van der Waals surface area (Å²) < 4.78 is 2.65. The minimum atomic E-state index is 1.20. The normalized spacial score (nSPS) is 12.2. The Morgan fingerprint density at radius 2 is 1.13 bits per heavy atom. The van der Waals surface area contributed by atoms with Crippen LogP contribution in [0.3, 0.4) is 0 Å². The summed E-state index contributed by atoms with van der Waals surface area (Å²) in [7, 11) is 0. The standard InChI is InChI=1S/C36H21NS/c1-2-10-23-21(8-1)9-7-15-24(23)22-16-17-33-29(18-22)30-19-31-32(20-34(30)38-33)37-36-28-14-6-4-12-26(28)25-11-3-5-13-27(25)35(31)36/h1-20,37H. The molecular weight excluding hydrogens is 478 g/mol. The Morgan fingerprint density at radius 3 is 2.00 bits per heavy atom. The maximum atomic E-state index is 3.81. The number of aromatic amines is 1. The van der Waals surface area contributed by atoms with Crippen molar-refractivity contribution in [2.45, 2.75) is 0 Å². The molecule has 2 heterocycles. The van der Waals surface area contributed by atoms with Gasteiger partial charge in [0.2, 0.25) is 0 Å². The molecular formula is C36H21NS. The molecule has 9 aromatic rings. The highest BCUT2D eigenvalue weighted by molar-refractivity contribution is 7.25. The van der Waals surface area contributed by atoms with Crippen molar-refractivity contribution in [2.75, 3.05) is 0 Å². The Labute approximate surface area is 222 Å². The molecule has 9 rings (SSSR count). The molecule has 176 valence electrons. The van der Waals surface area contributed by atoms with Gasteiger partial charge in [0.15, 0.2) is 0 Å². The van der Waals surface area contributed by atoms with E-state index in [2.05, 4.69) is 126 Å². The molecule has 0 unspecified atom stereocenters. The Hall–Kier alpha value is -4.66. The molecule has 1 N–H and O–H groups in total. The monoisotopic (exact) mass is 499 g/mol. The van der Waals surface area contributed by atoms with Crippen LogP contribution in [0.15, 0.2) is 121 Å². The van der Waals surface area contributed by atoms with Crippen molar-refractivity contribution in [1.29, 1.82) is 0 Å². The molecule has 0 spiro atoms. The summed E-state index contributed by atoms with van der Waals surface area (Å²) in [6.07, 6.45) is 0. The van der Waals surface area contributed by atoms with Gasteiger partial charge in [-0.3, -0.25) is 0 Å². The Kier molecular flexibility index (Phi) is 3.99. The number of hydrogen-bond donors (Lipinski definition) is 1. The summed E-state index contributed by atoms with van der Waals surface area (Å²) in [4.78, 5) is 3.81. The van der Waals surface area contributed by atoms with Crippen molar-refractivity contribution in [3.63, 3.8) is 0 Å². The second kappa shape index (κ2) is 7.44. The third kappa shape index (κ3) is 2.70. The molecule has 0 saturated heterocycles. The number of aromatic nitrogens is 1. The molecule has 0 aliphatic carbocycles. The van der Waals surface area contributed by atoms with Crippen LogP contribution in [0.4, 0.5) is 0 Å². The van der Waals surface area contributed by atoms with Crippen molar-refractivity contribution in [2.24, 2.45) is 0 Å². The first-order valence-electron chi connectivity index (χ1n) is 13.0. The van der Waals surface area contributed by atoms with Crippen LogP contribution in [-0.2, 0) is 0 Å². The van der Waals surface area contributed by atoms with E-state index in [1.807, 2.05) is 11.3 Å². The van der Waals surface area contributed by atoms with E-state index in [-0.39, 0.29) is 0 Å². The van der Waals surface area contributed by atoms with Gasteiger partial charge in [0.05, 0.1) is 5.52 Å². The summed E-state index contributed by atoms with van der Waals surface area (Å²) in [6.45, 7) is 0. The number of hydrogen-bond acceptors (Lipinski definition) is 1. The van der Waals surface area contributed by atoms with Crippen LogP contribution >= 0.6 is 11.3 Å². The minimum absolute atomic E-state index is 1.20. The van der Waals surface area contributed by atoms with E-state index >= 15 is 0 Å². The number of benzene rings is 7. The lowest BCUT2D eigenvalue weighted by Gasteiger charge is -2.07. The highest BCUT2D eigenvalue weighted by Crippen LogP contribution is 2.43. The lowest BCUT2D eigenvalue weighted by molar-refractivity contribution is 1.58. The van der Waals surface area contributed by atoms with Gasteiger partial charge in [-0.2, -0.15) is 0 Å². The maximum absolute atomic E-state index is 3.81. The smallest absolute Gasteiger partial charge is 0.0551 e. The van der Waals surface area contributed by atoms with Crippen molar-refractivity contribution in [3.8, 4) is 11.1 Å². The van der Waals surface area contributed by atoms with E-state index in [4.69, 9.17) is 0 Å². The van der Waals surface area contributed by atoms with Crippen LogP contribution in [0.2, 0.25) is 0 Å². The van der Waals surface area contributed by atoms with Crippen molar-refractivity contribution < 1.29 is 0 Å². The van der Waals surface area contributed by atoms with Crippen LogP contribution < -0.4 is 0 Å². The van der Waals surface area contributed by atoms with Crippen molar-refractivity contribution >= 4 is 85.6 Å². The lowest BCUT2D eigenvalue weighted by Crippen LogP contribution is -1.81. The Morgan fingerprint density at radius 1 is 0.447 bits per heavy atom. The van der Waals surface area contributed by atoms with Gasteiger partial charge < -0.3 is 4.98 Å². The second-order valence-electron chi connectivity index (χ2n) is 10.2. The molecule has 2 heteroatoms. The fourth-order valence-corrected chi connectivity index (χ4v) is 7.57. The van der Waals surface area contributed by atoms with Gasteiger partial charge in [-0.15, -0.1) is 11.3 Å². The molecule has 0 aliphatic heterocycles. The molecule has 7 aromatic carbocycles. The number of H-pyrrole nitrogens is 1. The number of rotatable bonds is 1. The van der Waals surface area contributed by atoms with E-state index in [0.29, 0.717) is 0 Å². The fourth-order valence-electron chi connectivity index (χ4n) is 6.46. The van der Waals surface area contributed by atoms with Gasteiger partial charge >= 0.3 is 0 Å². The highest BCUT2D eigenvalue weighted by atomic mass is 32.1. The zero-order chi connectivity index (χ0) is 24.8. The van der Waals surface area contributed by atoms with Crippen molar-refractivity contribution in [1.82, 2.24) is 4.98 Å². The number of nitrogens with one attached hydrogen (secondary N) is 1. The maximum Gasteiger partial charge on any atom is 0.0551 e. The molecule has 0 amide bonds. The Balaban J connectivity index is 1.39. The van der Waals surface area contributed by atoms with Crippen LogP contribution in [0.25, 0.3) is 85.4 Å². The largest absolute Gasteiger partial charge is 0.354 e. The van der Waals surface area contributed by atoms with Gasteiger partial charge in [-0.1, -0.05) is 97.1 Å². The zero-order valence-corrected chi connectivity index (χ0v) is 21.3. The highest BCUT2D eigenvalue weighted by Gasteiger charge is 2.16. The van der Waals surface area contributed by atoms with E-state index in [1.54, 1.807) is 0 Å². The average Bonchev–Trinajstić information content (AvgIpc) is 3.53. The number of thiophene rings is 1. The third-order valence-electron chi connectivity index (χ3n) is 8.17. The summed E-state index contributed by atoms with van der Waals surface area (Å²) >= 11 is 1.88. The van der Waals surface area contributed by atoms with Gasteiger partial charge in [0.1, 0.15) is 0 Å². The quantitative estimate of drug-likeness (QED) is 0.216. The molecule has 0 radical (unpaired) electrons. The van der Waals surface area contributed by atoms with Crippen LogP contribution in [0, 0.1) is 0 Å². The SMILES string of the molecule is c1ccc2c(-c3ccc4sc5cc6[nH]c7c8ccccc8c8ccccc8c7c6cc5c4c3)cccc2c1. The van der Waals surface area contributed by atoms with E-state index in [9.17, 15) is 0 Å². The number of fused-ring (bicyclic) bond motifs is 12. The fraction of sp³-hybridized carbons (Fsp3) is 0. The van der Waals surface area contributed by atoms with Crippen LogP contribution in [-0.4, -0.2) is 4.98 Å². The van der Waals surface area contributed by atoms with Crippen LogP contribution in [0.5, 0.6) is 0 Å². The summed E-state index contributed by atoms with van der Waals surface area (Å²) in [5, 5.41) is 13.1. The van der Waals surface area contributed by atoms with Crippen molar-refractivity contribution in [3.05, 3.63) is 121 Å². The summed E-state index contributed by atoms with van der Waals surface area (Å²) in [5.41, 5.74) is 4.99. The molecule has 0 atom stereocenters.